The van der Waals surface area contributed by atoms with Gasteiger partial charge in [0.05, 0.1) is 0 Å². The number of hydrogen-bond donors (Lipinski definition) is 1. The number of imidazole rings is 1. The summed E-state index contributed by atoms with van der Waals surface area (Å²) >= 11 is 0. The minimum Gasteiger partial charge on any atom is -0.368 e. The second kappa shape index (κ2) is 3.72. The first-order valence-corrected chi connectivity index (χ1v) is 3.93. The van der Waals surface area contributed by atoms with Crippen molar-refractivity contribution in [2.45, 2.75) is 19.4 Å². The van der Waals surface area contributed by atoms with Crippen molar-refractivity contribution in [3.63, 3.8) is 0 Å². The maximum absolute atomic E-state index is 11.0. The van der Waals surface area contributed by atoms with Crippen molar-refractivity contribution in [3.8, 4) is 6.07 Å². The van der Waals surface area contributed by atoms with Gasteiger partial charge < -0.3 is 10.3 Å². The molecule has 0 aliphatic carbocycles. The number of nitriles is 1. The zero-order valence-corrected chi connectivity index (χ0v) is 7.27. The van der Waals surface area contributed by atoms with Crippen molar-refractivity contribution < 1.29 is 4.79 Å². The summed E-state index contributed by atoms with van der Waals surface area (Å²) in [6.07, 6.45) is 3.61. The number of amides is 1. The van der Waals surface area contributed by atoms with Crippen molar-refractivity contribution in [1.82, 2.24) is 9.55 Å². The summed E-state index contributed by atoms with van der Waals surface area (Å²) in [5.74, 6) is -0.234. The highest BCUT2D eigenvalue weighted by atomic mass is 16.1. The minimum absolute atomic E-state index is 0.214. The molecule has 0 spiro atoms. The fraction of sp³-hybridized carbons (Fsp3) is 0.375. The van der Waals surface area contributed by atoms with Crippen molar-refractivity contribution in [3.05, 3.63) is 18.2 Å². The summed E-state index contributed by atoms with van der Waals surface area (Å²) < 4.78 is 1.49. The predicted octanol–water partition coefficient (Wildman–Crippen LogP) is 0.191. The van der Waals surface area contributed by atoms with Gasteiger partial charge in [0.1, 0.15) is 12.1 Å². The van der Waals surface area contributed by atoms with Gasteiger partial charge in [-0.25, -0.2) is 4.98 Å². The van der Waals surface area contributed by atoms with Gasteiger partial charge in [0.2, 0.25) is 11.7 Å². The third-order valence-electron chi connectivity index (χ3n) is 1.82. The van der Waals surface area contributed by atoms with E-state index in [-0.39, 0.29) is 5.82 Å². The van der Waals surface area contributed by atoms with E-state index in [4.69, 9.17) is 11.0 Å². The average Bonchev–Trinajstić information content (AvgIpc) is 2.53. The summed E-state index contributed by atoms with van der Waals surface area (Å²) in [6, 6.07) is 1.41. The lowest BCUT2D eigenvalue weighted by Crippen LogP contribution is -2.26. The van der Waals surface area contributed by atoms with Crippen LogP contribution in [0.2, 0.25) is 0 Å². The number of aromatic nitrogens is 2. The van der Waals surface area contributed by atoms with Crippen LogP contribution in [0.3, 0.4) is 0 Å². The van der Waals surface area contributed by atoms with Crippen LogP contribution in [0.15, 0.2) is 12.4 Å². The highest BCUT2D eigenvalue weighted by Crippen LogP contribution is 2.12. The lowest BCUT2D eigenvalue weighted by atomic mass is 10.2. The van der Waals surface area contributed by atoms with Crippen LogP contribution in [0.25, 0.3) is 0 Å². The number of primary amides is 1. The van der Waals surface area contributed by atoms with Crippen molar-refractivity contribution >= 4 is 5.91 Å². The van der Waals surface area contributed by atoms with E-state index in [9.17, 15) is 4.79 Å². The number of nitrogens with two attached hydrogens (primary N) is 1. The molecule has 1 amide bonds. The number of rotatable bonds is 3. The molecule has 0 saturated heterocycles. The Labute approximate surface area is 75.8 Å². The van der Waals surface area contributed by atoms with Gasteiger partial charge in [-0.1, -0.05) is 6.92 Å². The molecule has 1 rings (SSSR count). The lowest BCUT2D eigenvalue weighted by Gasteiger charge is -2.12. The highest BCUT2D eigenvalue weighted by molar-refractivity contribution is 5.78. The minimum atomic E-state index is -0.475. The van der Waals surface area contributed by atoms with E-state index in [1.807, 2.05) is 13.0 Å². The van der Waals surface area contributed by atoms with Crippen LogP contribution in [0.4, 0.5) is 0 Å². The standard InChI is InChI=1S/C8H10N4O/c1-2-6(8(10)13)12-4-3-11-7(12)5-9/h3-4,6H,2H2,1H3,(H2,10,13). The van der Waals surface area contributed by atoms with Crippen LogP contribution >= 0.6 is 0 Å². The molecule has 1 unspecified atom stereocenters. The maximum Gasteiger partial charge on any atom is 0.240 e. The topological polar surface area (TPSA) is 84.7 Å². The fourth-order valence-electron chi connectivity index (χ4n) is 1.19. The van der Waals surface area contributed by atoms with Gasteiger partial charge in [0, 0.05) is 12.4 Å². The molecule has 2 N–H and O–H groups in total. The molecule has 13 heavy (non-hydrogen) atoms. The van der Waals surface area contributed by atoms with Gasteiger partial charge in [-0.15, -0.1) is 0 Å². The largest absolute Gasteiger partial charge is 0.368 e. The van der Waals surface area contributed by atoms with Crippen LogP contribution in [-0.2, 0) is 4.79 Å². The molecule has 0 aliphatic heterocycles. The molecular formula is C8H10N4O. The summed E-state index contributed by atoms with van der Waals surface area (Å²) in [5, 5.41) is 8.65. The second-order valence-electron chi connectivity index (χ2n) is 2.60. The predicted molar refractivity (Wildman–Crippen MR) is 45.5 cm³/mol. The van der Waals surface area contributed by atoms with Gasteiger partial charge >= 0.3 is 0 Å². The molecule has 0 saturated carbocycles. The lowest BCUT2D eigenvalue weighted by molar-refractivity contribution is -0.121. The van der Waals surface area contributed by atoms with Gasteiger partial charge in [-0.3, -0.25) is 4.79 Å². The molecule has 0 bridgehead atoms. The quantitative estimate of drug-likeness (QED) is 0.717. The molecule has 0 aliphatic rings. The van der Waals surface area contributed by atoms with E-state index < -0.39 is 11.9 Å². The smallest absolute Gasteiger partial charge is 0.240 e. The number of nitrogens with zero attached hydrogens (tertiary/aromatic N) is 3. The number of carbonyl (C=O) groups is 1. The van der Waals surface area contributed by atoms with Crippen LogP contribution in [0, 0.1) is 11.3 Å². The normalized spacial score (nSPS) is 12.0. The molecule has 5 heteroatoms. The fourth-order valence-corrected chi connectivity index (χ4v) is 1.19. The molecule has 1 aromatic heterocycles. The van der Waals surface area contributed by atoms with Gasteiger partial charge in [0.15, 0.2) is 0 Å². The summed E-state index contributed by atoms with van der Waals surface area (Å²) in [4.78, 5) is 14.7. The number of hydrogen-bond acceptors (Lipinski definition) is 3. The van der Waals surface area contributed by atoms with E-state index in [1.54, 1.807) is 6.20 Å². The van der Waals surface area contributed by atoms with Gasteiger partial charge in [-0.05, 0) is 6.42 Å². The molecule has 0 aromatic carbocycles. The number of carbonyl (C=O) groups excluding carboxylic acids is 1. The Hall–Kier alpha value is -1.83. The van der Waals surface area contributed by atoms with Crippen LogP contribution in [-0.4, -0.2) is 15.5 Å². The zero-order chi connectivity index (χ0) is 9.84. The monoisotopic (exact) mass is 178 g/mol. The molecule has 0 fully saturated rings. The van der Waals surface area contributed by atoms with Gasteiger partial charge in [0.25, 0.3) is 0 Å². The Morgan fingerprint density at radius 3 is 3.08 bits per heavy atom. The Balaban J connectivity index is 3.05. The summed E-state index contributed by atoms with van der Waals surface area (Å²) in [7, 11) is 0. The second-order valence-corrected chi connectivity index (χ2v) is 2.60. The Morgan fingerprint density at radius 2 is 2.62 bits per heavy atom. The Kier molecular flexibility index (Phi) is 2.65. The van der Waals surface area contributed by atoms with Crippen LogP contribution < -0.4 is 5.73 Å². The molecule has 1 atom stereocenters. The van der Waals surface area contributed by atoms with Crippen molar-refractivity contribution in [1.29, 1.82) is 5.26 Å². The molecule has 68 valence electrons. The molecule has 1 aromatic rings. The SMILES string of the molecule is CCC(C(N)=O)n1ccnc1C#N. The molecule has 5 nitrogen and oxygen atoms in total. The van der Waals surface area contributed by atoms with E-state index >= 15 is 0 Å². The van der Waals surface area contributed by atoms with E-state index in [2.05, 4.69) is 4.98 Å². The van der Waals surface area contributed by atoms with E-state index in [0.29, 0.717) is 6.42 Å². The molecular weight excluding hydrogens is 168 g/mol. The molecule has 1 heterocycles. The zero-order valence-electron chi connectivity index (χ0n) is 7.27. The first-order chi connectivity index (χ1) is 6.20. The van der Waals surface area contributed by atoms with Crippen LogP contribution in [0.5, 0.6) is 0 Å². The van der Waals surface area contributed by atoms with Crippen LogP contribution in [0.1, 0.15) is 25.2 Å². The maximum atomic E-state index is 11.0. The first kappa shape index (κ1) is 9.26. The highest BCUT2D eigenvalue weighted by Gasteiger charge is 2.17. The average molecular weight is 178 g/mol. The summed E-state index contributed by atoms with van der Waals surface area (Å²) in [6.45, 7) is 1.83. The Morgan fingerprint density at radius 1 is 1.92 bits per heavy atom. The van der Waals surface area contributed by atoms with E-state index in [1.165, 1.54) is 10.8 Å². The Bertz CT molecular complexity index is 349. The molecule has 0 radical (unpaired) electrons. The van der Waals surface area contributed by atoms with E-state index in [0.717, 1.165) is 0 Å². The first-order valence-electron chi connectivity index (χ1n) is 3.93. The van der Waals surface area contributed by atoms with Gasteiger partial charge in [-0.2, -0.15) is 5.26 Å². The summed E-state index contributed by atoms with van der Waals surface area (Å²) in [5.41, 5.74) is 5.17. The van der Waals surface area contributed by atoms with Crippen molar-refractivity contribution in [2.24, 2.45) is 5.73 Å². The van der Waals surface area contributed by atoms with Crippen molar-refractivity contribution in [2.75, 3.05) is 0 Å². The third kappa shape index (κ3) is 1.67. The third-order valence-corrected chi connectivity index (χ3v) is 1.82.